The van der Waals surface area contributed by atoms with Crippen LogP contribution in [0.1, 0.15) is 45.0 Å². The molecule has 1 saturated heterocycles. The Bertz CT molecular complexity index is 301. The van der Waals surface area contributed by atoms with Crippen molar-refractivity contribution in [3.05, 3.63) is 18.2 Å². The third-order valence-electron chi connectivity index (χ3n) is 3.73. The molecule has 0 amide bonds. The van der Waals surface area contributed by atoms with E-state index in [9.17, 15) is 0 Å². The van der Waals surface area contributed by atoms with Crippen LogP contribution in [0.25, 0.3) is 0 Å². The van der Waals surface area contributed by atoms with Crippen molar-refractivity contribution in [2.45, 2.75) is 45.2 Å². The first kappa shape index (κ1) is 12.6. The fourth-order valence-corrected chi connectivity index (χ4v) is 2.56. The molecule has 2 rings (SSSR count). The van der Waals surface area contributed by atoms with Crippen molar-refractivity contribution >= 4 is 0 Å². The van der Waals surface area contributed by atoms with E-state index in [1.807, 2.05) is 12.4 Å². The van der Waals surface area contributed by atoms with E-state index in [2.05, 4.69) is 34.0 Å². The zero-order chi connectivity index (χ0) is 12.1. The Kier molecular flexibility index (Phi) is 4.57. The molecule has 1 aliphatic heterocycles. The molecular formula is C13H24N4. The number of hydrogen-bond acceptors (Lipinski definition) is 3. The fraction of sp³-hybridized carbons (Fsp3) is 0.769. The second kappa shape index (κ2) is 6.17. The maximum absolute atomic E-state index is 4.36. The Morgan fingerprint density at radius 1 is 1.47 bits per heavy atom. The molecule has 17 heavy (non-hydrogen) atoms. The van der Waals surface area contributed by atoms with Gasteiger partial charge in [0.05, 0.1) is 6.04 Å². The van der Waals surface area contributed by atoms with Gasteiger partial charge >= 0.3 is 0 Å². The number of nitrogens with zero attached hydrogens (tertiary/aromatic N) is 2. The number of nitrogens with one attached hydrogen (secondary N) is 2. The maximum atomic E-state index is 4.36. The highest BCUT2D eigenvalue weighted by Crippen LogP contribution is 2.17. The molecule has 0 radical (unpaired) electrons. The van der Waals surface area contributed by atoms with Crippen LogP contribution in [0, 0.1) is 0 Å². The van der Waals surface area contributed by atoms with Gasteiger partial charge in [-0.05, 0) is 38.9 Å². The van der Waals surface area contributed by atoms with Gasteiger partial charge in [-0.2, -0.15) is 0 Å². The lowest BCUT2D eigenvalue weighted by Gasteiger charge is -2.33. The van der Waals surface area contributed by atoms with E-state index >= 15 is 0 Å². The topological polar surface area (TPSA) is 44.0 Å². The van der Waals surface area contributed by atoms with Gasteiger partial charge in [-0.15, -0.1) is 0 Å². The maximum Gasteiger partial charge on any atom is 0.123 e. The highest BCUT2D eigenvalue weighted by atomic mass is 15.1. The van der Waals surface area contributed by atoms with Crippen molar-refractivity contribution in [3.63, 3.8) is 0 Å². The summed E-state index contributed by atoms with van der Waals surface area (Å²) < 4.78 is 0. The summed E-state index contributed by atoms with van der Waals surface area (Å²) in [6.45, 7) is 8.08. The SMILES string of the molecule is CCC(NC1CCN(CC)CC1)c1ncc[nH]1. The molecule has 1 unspecified atom stereocenters. The highest BCUT2D eigenvalue weighted by molar-refractivity contribution is 4.96. The number of H-pyrrole nitrogens is 1. The normalized spacial score (nSPS) is 20.6. The van der Waals surface area contributed by atoms with E-state index in [4.69, 9.17) is 0 Å². The lowest BCUT2D eigenvalue weighted by Crippen LogP contribution is -2.43. The van der Waals surface area contributed by atoms with Crippen molar-refractivity contribution in [1.29, 1.82) is 0 Å². The average molecular weight is 236 g/mol. The van der Waals surface area contributed by atoms with Crippen LogP contribution in [-0.4, -0.2) is 40.5 Å². The number of aromatic amines is 1. The molecule has 0 spiro atoms. The average Bonchev–Trinajstić information content (AvgIpc) is 2.90. The molecule has 1 aromatic heterocycles. The first-order valence-corrected chi connectivity index (χ1v) is 6.81. The Morgan fingerprint density at radius 3 is 2.76 bits per heavy atom. The van der Waals surface area contributed by atoms with Gasteiger partial charge in [0.15, 0.2) is 0 Å². The highest BCUT2D eigenvalue weighted by Gasteiger charge is 2.21. The molecule has 2 heterocycles. The number of piperidine rings is 1. The molecular weight excluding hydrogens is 212 g/mol. The second-order valence-electron chi connectivity index (χ2n) is 4.81. The zero-order valence-electron chi connectivity index (χ0n) is 10.9. The van der Waals surface area contributed by atoms with Crippen molar-refractivity contribution < 1.29 is 0 Å². The standard InChI is InChI=1S/C13H24N4/c1-3-12(13-14-7-8-15-13)16-11-5-9-17(4-2)10-6-11/h7-8,11-12,16H,3-6,9-10H2,1-2H3,(H,14,15). The molecule has 0 saturated carbocycles. The van der Waals surface area contributed by atoms with Crippen LogP contribution >= 0.6 is 0 Å². The van der Waals surface area contributed by atoms with Gasteiger partial charge in [0.1, 0.15) is 5.82 Å². The minimum Gasteiger partial charge on any atom is -0.347 e. The molecule has 4 heteroatoms. The molecule has 0 bridgehead atoms. The van der Waals surface area contributed by atoms with Crippen molar-refractivity contribution in [1.82, 2.24) is 20.2 Å². The quantitative estimate of drug-likeness (QED) is 0.821. The summed E-state index contributed by atoms with van der Waals surface area (Å²) >= 11 is 0. The van der Waals surface area contributed by atoms with Gasteiger partial charge in [0.2, 0.25) is 0 Å². The summed E-state index contributed by atoms with van der Waals surface area (Å²) in [7, 11) is 0. The van der Waals surface area contributed by atoms with Gasteiger partial charge in [-0.25, -0.2) is 4.98 Å². The summed E-state index contributed by atoms with van der Waals surface area (Å²) in [6.07, 6.45) is 7.33. The fourth-order valence-electron chi connectivity index (χ4n) is 2.56. The lowest BCUT2D eigenvalue weighted by atomic mass is 10.0. The number of hydrogen-bond donors (Lipinski definition) is 2. The third-order valence-corrected chi connectivity index (χ3v) is 3.73. The second-order valence-corrected chi connectivity index (χ2v) is 4.81. The van der Waals surface area contributed by atoms with Crippen LogP contribution in [0.3, 0.4) is 0 Å². The largest absolute Gasteiger partial charge is 0.347 e. The Balaban J connectivity index is 1.84. The first-order chi connectivity index (χ1) is 8.33. The van der Waals surface area contributed by atoms with E-state index in [1.165, 1.54) is 32.5 Å². The molecule has 1 atom stereocenters. The molecule has 4 nitrogen and oxygen atoms in total. The van der Waals surface area contributed by atoms with Gasteiger partial charge in [0, 0.05) is 18.4 Å². The molecule has 1 fully saturated rings. The van der Waals surface area contributed by atoms with Crippen LogP contribution in [-0.2, 0) is 0 Å². The van der Waals surface area contributed by atoms with Gasteiger partial charge in [-0.3, -0.25) is 0 Å². The molecule has 1 aliphatic rings. The number of imidazole rings is 1. The predicted octanol–water partition coefficient (Wildman–Crippen LogP) is 1.93. The summed E-state index contributed by atoms with van der Waals surface area (Å²) in [5, 5.41) is 3.73. The molecule has 96 valence electrons. The summed E-state index contributed by atoms with van der Waals surface area (Å²) in [6, 6.07) is 1.02. The first-order valence-electron chi connectivity index (χ1n) is 6.81. The van der Waals surface area contributed by atoms with E-state index in [0.717, 1.165) is 12.2 Å². The number of rotatable bonds is 5. The third kappa shape index (κ3) is 3.30. The van der Waals surface area contributed by atoms with E-state index in [1.54, 1.807) is 0 Å². The summed E-state index contributed by atoms with van der Waals surface area (Å²) in [5.74, 6) is 1.07. The smallest absolute Gasteiger partial charge is 0.123 e. The van der Waals surface area contributed by atoms with Crippen molar-refractivity contribution in [3.8, 4) is 0 Å². The van der Waals surface area contributed by atoms with E-state index < -0.39 is 0 Å². The monoisotopic (exact) mass is 236 g/mol. The Hall–Kier alpha value is -0.870. The minimum atomic E-state index is 0.378. The number of likely N-dealkylation sites (tertiary alicyclic amines) is 1. The molecule has 0 aliphatic carbocycles. The van der Waals surface area contributed by atoms with E-state index in [0.29, 0.717) is 12.1 Å². The van der Waals surface area contributed by atoms with Crippen molar-refractivity contribution in [2.24, 2.45) is 0 Å². The molecule has 1 aromatic rings. The van der Waals surface area contributed by atoms with Crippen LogP contribution in [0.5, 0.6) is 0 Å². The zero-order valence-corrected chi connectivity index (χ0v) is 10.9. The van der Waals surface area contributed by atoms with Gasteiger partial charge in [0.25, 0.3) is 0 Å². The summed E-state index contributed by atoms with van der Waals surface area (Å²) in [4.78, 5) is 10.1. The minimum absolute atomic E-state index is 0.378. The number of aromatic nitrogens is 2. The van der Waals surface area contributed by atoms with Gasteiger partial charge in [-0.1, -0.05) is 13.8 Å². The van der Waals surface area contributed by atoms with Gasteiger partial charge < -0.3 is 15.2 Å². The Morgan fingerprint density at radius 2 is 2.24 bits per heavy atom. The predicted molar refractivity (Wildman–Crippen MR) is 69.9 cm³/mol. The van der Waals surface area contributed by atoms with Crippen LogP contribution < -0.4 is 5.32 Å². The van der Waals surface area contributed by atoms with Crippen LogP contribution in [0.2, 0.25) is 0 Å². The Labute approximate surface area is 104 Å². The van der Waals surface area contributed by atoms with E-state index in [-0.39, 0.29) is 0 Å². The lowest BCUT2D eigenvalue weighted by molar-refractivity contribution is 0.197. The van der Waals surface area contributed by atoms with Crippen LogP contribution in [0.4, 0.5) is 0 Å². The van der Waals surface area contributed by atoms with Crippen LogP contribution in [0.15, 0.2) is 12.4 Å². The molecule has 0 aromatic carbocycles. The van der Waals surface area contributed by atoms with Crippen molar-refractivity contribution in [2.75, 3.05) is 19.6 Å². The molecule has 2 N–H and O–H groups in total. The summed E-state index contributed by atoms with van der Waals surface area (Å²) in [5.41, 5.74) is 0.